The van der Waals surface area contributed by atoms with Crippen LogP contribution in [0.1, 0.15) is 165 Å². The van der Waals surface area contributed by atoms with E-state index in [0.717, 1.165) is 0 Å². The molecule has 0 saturated heterocycles. The second kappa shape index (κ2) is 13.4. The minimum atomic E-state index is 0.0527. The first-order valence-electron chi connectivity index (χ1n) is 22.6. The monoisotopic (exact) mass is 811 g/mol. The van der Waals surface area contributed by atoms with E-state index >= 15 is 0 Å². The molecule has 310 valence electrons. The normalized spacial score (nSPS) is 18.8. The number of hydrogen-bond donors (Lipinski definition) is 0. The second-order valence-corrected chi connectivity index (χ2v) is 23.8. The molecule has 0 N–H and O–H groups in total. The van der Waals surface area contributed by atoms with Crippen molar-refractivity contribution >= 4 is 80.0 Å². The molecule has 0 radical (unpaired) electrons. The summed E-state index contributed by atoms with van der Waals surface area (Å²) in [5.41, 5.74) is 23.7. The first-order chi connectivity index (χ1) is 27.9. The fraction of sp³-hybridized carbons (Fsp3) is 0.429. The molecular weight excluding hydrogens is 744 g/mol. The predicted molar refractivity (Wildman–Crippen MR) is 267 cm³/mol. The molecule has 0 saturated carbocycles. The molecule has 3 heterocycles. The molecule has 4 aromatic carbocycles. The standard InChI is InChI=1S/C56H67BN2S/c1-17-48-38(26-33(2)3)49-51(60-48)59(44-21-18-36(29-35(44)5)52(6,7)8)47-28-34(4)27-46-50(47)57(49)43-31-41-42(56(15,16)25-24-55(41,13)14)32-45(43)58(46)37-19-20-39-40(30-37)54(11,12)23-22-53(39,9)10/h17-21,26-32H,1,22-25H2,2-16H3. The van der Waals surface area contributed by atoms with Gasteiger partial charge in [-0.2, -0.15) is 0 Å². The molecule has 4 aliphatic rings. The molecule has 2 aliphatic heterocycles. The van der Waals surface area contributed by atoms with Gasteiger partial charge >= 0.3 is 0 Å². The van der Waals surface area contributed by atoms with Crippen molar-refractivity contribution < 1.29 is 0 Å². The van der Waals surface area contributed by atoms with Crippen molar-refractivity contribution in [2.24, 2.45) is 0 Å². The lowest BCUT2D eigenvalue weighted by Crippen LogP contribution is -2.62. The minimum absolute atomic E-state index is 0.0527. The lowest BCUT2D eigenvalue weighted by atomic mass is 9.33. The fourth-order valence-corrected chi connectivity index (χ4v) is 12.5. The number of rotatable bonds is 4. The van der Waals surface area contributed by atoms with Crippen molar-refractivity contribution in [1.29, 1.82) is 0 Å². The third-order valence-electron chi connectivity index (χ3n) is 15.1. The van der Waals surface area contributed by atoms with Crippen LogP contribution >= 0.6 is 11.3 Å². The Bertz CT molecular complexity index is 2670. The van der Waals surface area contributed by atoms with Gasteiger partial charge < -0.3 is 9.80 Å². The van der Waals surface area contributed by atoms with Gasteiger partial charge in [0, 0.05) is 33.3 Å². The Morgan fingerprint density at radius 2 is 1.22 bits per heavy atom. The average molecular weight is 811 g/mol. The molecule has 0 bridgehead atoms. The lowest BCUT2D eigenvalue weighted by Gasteiger charge is -2.47. The van der Waals surface area contributed by atoms with Gasteiger partial charge in [-0.1, -0.05) is 125 Å². The number of aryl methyl sites for hydroxylation is 2. The molecule has 1 aromatic heterocycles. The highest BCUT2D eigenvalue weighted by Gasteiger charge is 2.49. The van der Waals surface area contributed by atoms with E-state index in [1.807, 2.05) is 11.3 Å². The third kappa shape index (κ3) is 6.16. The predicted octanol–water partition coefficient (Wildman–Crippen LogP) is 14.5. The van der Waals surface area contributed by atoms with E-state index in [9.17, 15) is 0 Å². The van der Waals surface area contributed by atoms with Crippen LogP contribution in [0.15, 0.2) is 72.8 Å². The molecule has 0 fully saturated rings. The maximum atomic E-state index is 4.44. The Balaban J connectivity index is 1.43. The molecule has 0 atom stereocenters. The third-order valence-corrected chi connectivity index (χ3v) is 16.3. The van der Waals surface area contributed by atoms with Crippen LogP contribution < -0.4 is 26.2 Å². The van der Waals surface area contributed by atoms with Gasteiger partial charge in [0.2, 0.25) is 0 Å². The van der Waals surface area contributed by atoms with Gasteiger partial charge in [0.1, 0.15) is 0 Å². The molecule has 4 heteroatoms. The van der Waals surface area contributed by atoms with E-state index in [0.29, 0.717) is 0 Å². The number of fused-ring (bicyclic) bond motifs is 6. The summed E-state index contributed by atoms with van der Waals surface area (Å²) in [5, 5.41) is 1.31. The quantitative estimate of drug-likeness (QED) is 0.163. The number of allylic oxidation sites excluding steroid dienone is 1. The van der Waals surface area contributed by atoms with Crippen molar-refractivity contribution in [1.82, 2.24) is 0 Å². The van der Waals surface area contributed by atoms with Gasteiger partial charge in [-0.3, -0.25) is 0 Å². The van der Waals surface area contributed by atoms with Crippen LogP contribution in [0, 0.1) is 13.8 Å². The van der Waals surface area contributed by atoms with Crippen LogP contribution in [0.5, 0.6) is 0 Å². The fourth-order valence-electron chi connectivity index (χ4n) is 11.3. The molecule has 0 unspecified atom stereocenters. The minimum Gasteiger partial charge on any atom is -0.311 e. The zero-order valence-corrected chi connectivity index (χ0v) is 40.2. The average Bonchev–Trinajstić information content (AvgIpc) is 3.51. The smallest absolute Gasteiger partial charge is 0.254 e. The zero-order chi connectivity index (χ0) is 43.2. The summed E-state index contributed by atoms with van der Waals surface area (Å²) < 4.78 is 0. The van der Waals surface area contributed by atoms with Crippen LogP contribution in [-0.2, 0) is 27.1 Å². The van der Waals surface area contributed by atoms with Gasteiger partial charge in [0.15, 0.2) is 0 Å². The van der Waals surface area contributed by atoms with Crippen molar-refractivity contribution in [3.8, 4) is 0 Å². The van der Waals surface area contributed by atoms with E-state index in [-0.39, 0.29) is 33.8 Å². The van der Waals surface area contributed by atoms with E-state index < -0.39 is 0 Å². The molecule has 0 amide bonds. The van der Waals surface area contributed by atoms with Crippen molar-refractivity contribution in [3.05, 3.63) is 122 Å². The van der Waals surface area contributed by atoms with Gasteiger partial charge in [-0.25, -0.2) is 0 Å². The Labute approximate surface area is 366 Å². The Kier molecular flexibility index (Phi) is 9.15. The van der Waals surface area contributed by atoms with Crippen molar-refractivity contribution in [2.75, 3.05) is 9.80 Å². The Morgan fingerprint density at radius 3 is 1.78 bits per heavy atom. The van der Waals surface area contributed by atoms with E-state index in [4.69, 9.17) is 0 Å². The summed E-state index contributed by atoms with van der Waals surface area (Å²) in [5.74, 6) is 0. The number of benzene rings is 4. The van der Waals surface area contributed by atoms with Crippen LogP contribution in [0.25, 0.3) is 12.2 Å². The van der Waals surface area contributed by atoms with Crippen molar-refractivity contribution in [3.63, 3.8) is 0 Å². The summed E-state index contributed by atoms with van der Waals surface area (Å²) in [6.45, 7) is 40.3. The van der Waals surface area contributed by atoms with Gasteiger partial charge in [0.25, 0.3) is 6.71 Å². The summed E-state index contributed by atoms with van der Waals surface area (Å²) in [7, 11) is 0. The molecule has 60 heavy (non-hydrogen) atoms. The van der Waals surface area contributed by atoms with Crippen LogP contribution in [0.3, 0.4) is 0 Å². The highest BCUT2D eigenvalue weighted by atomic mass is 32.1. The van der Waals surface area contributed by atoms with E-state index in [1.54, 1.807) is 0 Å². The number of anilines is 6. The van der Waals surface area contributed by atoms with Crippen LogP contribution in [-0.4, -0.2) is 6.71 Å². The summed E-state index contributed by atoms with van der Waals surface area (Å²) in [6.07, 6.45) is 9.30. The summed E-state index contributed by atoms with van der Waals surface area (Å²) in [4.78, 5) is 6.56. The Morgan fingerprint density at radius 1 is 0.650 bits per heavy atom. The molecular formula is C56H67BN2S. The largest absolute Gasteiger partial charge is 0.311 e. The number of thiophene rings is 1. The molecule has 9 rings (SSSR count). The number of hydrogen-bond acceptors (Lipinski definition) is 3. The lowest BCUT2D eigenvalue weighted by molar-refractivity contribution is 0.332. The molecule has 0 spiro atoms. The van der Waals surface area contributed by atoms with Crippen LogP contribution in [0.4, 0.5) is 33.4 Å². The summed E-state index contributed by atoms with van der Waals surface area (Å²) in [6, 6.07) is 25.0. The zero-order valence-electron chi connectivity index (χ0n) is 39.3. The SMILES string of the molecule is C=Cc1sc2c(c1C=C(C)C)B1c3cc4c(cc3N(c3ccc5c(c3)C(C)(C)CCC5(C)C)c3cc(C)cc(c31)N2c1ccc(C(C)(C)C)cc1C)C(C)(C)CCC4(C)C. The Hall–Kier alpha value is -4.28. The molecule has 5 aromatic rings. The second-order valence-electron chi connectivity index (χ2n) is 22.8. The molecule has 2 nitrogen and oxygen atoms in total. The maximum Gasteiger partial charge on any atom is 0.254 e. The van der Waals surface area contributed by atoms with Crippen LogP contribution in [0.2, 0.25) is 0 Å². The topological polar surface area (TPSA) is 6.48 Å². The highest BCUT2D eigenvalue weighted by molar-refractivity contribution is 7.21. The first kappa shape index (κ1) is 41.1. The van der Waals surface area contributed by atoms with Gasteiger partial charge in [-0.15, -0.1) is 11.3 Å². The number of nitrogens with zero attached hydrogens (tertiary/aromatic N) is 2. The van der Waals surface area contributed by atoms with Gasteiger partial charge in [-0.05, 0) is 178 Å². The van der Waals surface area contributed by atoms with Gasteiger partial charge in [0.05, 0.1) is 5.00 Å². The van der Waals surface area contributed by atoms with Crippen molar-refractivity contribution in [2.45, 2.75) is 157 Å². The van der Waals surface area contributed by atoms with E-state index in [2.05, 4.69) is 193 Å². The maximum absolute atomic E-state index is 4.44. The highest BCUT2D eigenvalue weighted by Crippen LogP contribution is 2.54. The van der Waals surface area contributed by atoms with E-state index in [1.165, 1.54) is 130 Å². The molecule has 2 aliphatic carbocycles. The first-order valence-corrected chi connectivity index (χ1v) is 23.4. The summed E-state index contributed by atoms with van der Waals surface area (Å²) >= 11 is 1.91.